The lowest BCUT2D eigenvalue weighted by molar-refractivity contribution is 0.0709. The Morgan fingerprint density at radius 1 is 1.12 bits per heavy atom. The van der Waals surface area contributed by atoms with Gasteiger partial charge in [-0.3, -0.25) is 4.79 Å². The first kappa shape index (κ1) is 11.2. The highest BCUT2D eigenvalue weighted by Crippen LogP contribution is 2.34. The molecule has 16 heavy (non-hydrogen) atoms. The normalized spacial score (nSPS) is 29.9. The Balaban J connectivity index is 2.57. The smallest absolute Gasteiger partial charge is 0.254 e. The fourth-order valence-electron chi connectivity index (χ4n) is 2.52. The van der Waals surface area contributed by atoms with E-state index in [9.17, 15) is 4.79 Å². The van der Waals surface area contributed by atoms with Gasteiger partial charge in [-0.05, 0) is 30.4 Å². The lowest BCUT2D eigenvalue weighted by Crippen LogP contribution is -2.37. The molecule has 0 radical (unpaired) electrons. The number of carbonyl (C=O) groups excluding carboxylic acids is 1. The van der Waals surface area contributed by atoms with E-state index in [4.69, 9.17) is 0 Å². The third kappa shape index (κ3) is 1.53. The monoisotopic (exact) mass is 217 g/mol. The summed E-state index contributed by atoms with van der Waals surface area (Å²) in [5.41, 5.74) is 2.06. The van der Waals surface area contributed by atoms with Crippen molar-refractivity contribution in [2.75, 3.05) is 7.05 Å². The Hall–Kier alpha value is -1.31. The molecule has 0 fully saturated rings. The molecule has 1 aromatic carbocycles. The first-order valence-corrected chi connectivity index (χ1v) is 5.90. The van der Waals surface area contributed by atoms with Crippen LogP contribution < -0.4 is 0 Å². The Morgan fingerprint density at radius 2 is 1.75 bits per heavy atom. The maximum absolute atomic E-state index is 12.3. The number of benzene rings is 1. The van der Waals surface area contributed by atoms with Gasteiger partial charge in [-0.2, -0.15) is 0 Å². The molecule has 1 heterocycles. The predicted octanol–water partition coefficient (Wildman–Crippen LogP) is 2.90. The third-order valence-electron chi connectivity index (χ3n) is 4.16. The molecule has 0 aliphatic carbocycles. The minimum atomic E-state index is 0.152. The zero-order valence-electron chi connectivity index (χ0n) is 10.4. The topological polar surface area (TPSA) is 20.3 Å². The van der Waals surface area contributed by atoms with Crippen molar-refractivity contribution in [2.24, 2.45) is 5.92 Å². The summed E-state index contributed by atoms with van der Waals surface area (Å²) in [4.78, 5) is 14.1. The van der Waals surface area contributed by atoms with Crippen LogP contribution in [0.5, 0.6) is 0 Å². The molecule has 86 valence electrons. The second-order valence-corrected chi connectivity index (χ2v) is 4.89. The van der Waals surface area contributed by atoms with Gasteiger partial charge in [0.15, 0.2) is 0 Å². The van der Waals surface area contributed by atoms with Crippen LogP contribution in [0.15, 0.2) is 24.3 Å². The molecule has 0 aromatic heterocycles. The molecule has 0 saturated heterocycles. The molecule has 0 bridgehead atoms. The van der Waals surface area contributed by atoms with Gasteiger partial charge in [-0.1, -0.05) is 32.0 Å². The lowest BCUT2D eigenvalue weighted by atomic mass is 9.84. The van der Waals surface area contributed by atoms with Crippen molar-refractivity contribution in [3.63, 3.8) is 0 Å². The van der Waals surface area contributed by atoms with Gasteiger partial charge in [0.05, 0.1) is 0 Å². The first-order valence-electron chi connectivity index (χ1n) is 5.90. The summed E-state index contributed by atoms with van der Waals surface area (Å²) in [6.45, 7) is 6.57. The largest absolute Gasteiger partial charge is 0.339 e. The number of fused-ring (bicyclic) bond motifs is 1. The van der Waals surface area contributed by atoms with E-state index in [0.29, 0.717) is 11.8 Å². The number of amides is 1. The van der Waals surface area contributed by atoms with Gasteiger partial charge in [0.1, 0.15) is 0 Å². The van der Waals surface area contributed by atoms with E-state index in [1.807, 2.05) is 30.1 Å². The summed E-state index contributed by atoms with van der Waals surface area (Å²) in [5, 5.41) is 0. The van der Waals surface area contributed by atoms with Crippen LogP contribution >= 0.6 is 0 Å². The molecule has 2 nitrogen and oxygen atoms in total. The first-order chi connectivity index (χ1) is 7.54. The molecule has 0 N–H and O–H groups in total. The Morgan fingerprint density at radius 3 is 2.44 bits per heavy atom. The van der Waals surface area contributed by atoms with E-state index >= 15 is 0 Å². The number of rotatable bonds is 0. The molecule has 0 saturated carbocycles. The van der Waals surface area contributed by atoms with Crippen LogP contribution in [0.25, 0.3) is 0 Å². The van der Waals surface area contributed by atoms with Crippen molar-refractivity contribution in [3.05, 3.63) is 35.4 Å². The van der Waals surface area contributed by atoms with Crippen molar-refractivity contribution in [2.45, 2.75) is 32.7 Å². The molecule has 1 aliphatic rings. The van der Waals surface area contributed by atoms with Crippen molar-refractivity contribution >= 4 is 5.91 Å². The highest BCUT2D eigenvalue weighted by molar-refractivity contribution is 5.96. The van der Waals surface area contributed by atoms with E-state index in [1.165, 1.54) is 5.56 Å². The lowest BCUT2D eigenvalue weighted by Gasteiger charge is -2.29. The summed E-state index contributed by atoms with van der Waals surface area (Å²) in [7, 11) is 1.90. The van der Waals surface area contributed by atoms with Gasteiger partial charge in [-0.15, -0.1) is 0 Å². The van der Waals surface area contributed by atoms with Crippen LogP contribution in [0.2, 0.25) is 0 Å². The van der Waals surface area contributed by atoms with E-state index in [-0.39, 0.29) is 11.9 Å². The summed E-state index contributed by atoms with van der Waals surface area (Å²) in [5.74, 6) is 1.07. The quantitative estimate of drug-likeness (QED) is 0.654. The zero-order valence-corrected chi connectivity index (χ0v) is 10.4. The van der Waals surface area contributed by atoms with Gasteiger partial charge in [0, 0.05) is 18.7 Å². The zero-order chi connectivity index (χ0) is 11.9. The number of hydrogen-bond acceptors (Lipinski definition) is 1. The molecule has 1 aliphatic heterocycles. The Bertz CT molecular complexity index is 413. The molecule has 3 atom stereocenters. The van der Waals surface area contributed by atoms with Crippen LogP contribution in [-0.4, -0.2) is 23.9 Å². The molecular weight excluding hydrogens is 198 g/mol. The number of hydrogen-bond donors (Lipinski definition) is 0. The van der Waals surface area contributed by atoms with Gasteiger partial charge < -0.3 is 4.90 Å². The van der Waals surface area contributed by atoms with Crippen molar-refractivity contribution in [3.8, 4) is 0 Å². The van der Waals surface area contributed by atoms with Gasteiger partial charge >= 0.3 is 0 Å². The standard InChI is InChI=1S/C14H19NO/c1-9-10(2)12-7-5-6-8-13(12)14(16)15(4)11(9)3/h5-11H,1-4H3. The van der Waals surface area contributed by atoms with Crippen LogP contribution in [-0.2, 0) is 0 Å². The van der Waals surface area contributed by atoms with E-state index in [1.54, 1.807) is 0 Å². The Labute approximate surface area is 97.3 Å². The molecule has 3 unspecified atom stereocenters. The summed E-state index contributed by atoms with van der Waals surface area (Å²) < 4.78 is 0. The van der Waals surface area contributed by atoms with Crippen LogP contribution in [0, 0.1) is 5.92 Å². The number of nitrogens with zero attached hydrogens (tertiary/aromatic N) is 1. The summed E-state index contributed by atoms with van der Waals surface area (Å²) >= 11 is 0. The highest BCUT2D eigenvalue weighted by atomic mass is 16.2. The van der Waals surface area contributed by atoms with Gasteiger partial charge in [0.2, 0.25) is 0 Å². The van der Waals surface area contributed by atoms with E-state index in [2.05, 4.69) is 26.8 Å². The maximum atomic E-state index is 12.3. The molecule has 1 amide bonds. The second kappa shape index (κ2) is 3.93. The van der Waals surface area contributed by atoms with E-state index in [0.717, 1.165) is 5.56 Å². The molecule has 0 spiro atoms. The SMILES string of the molecule is CC1c2ccccc2C(=O)N(C)C(C)C1C. The maximum Gasteiger partial charge on any atom is 0.254 e. The van der Waals surface area contributed by atoms with Crippen LogP contribution in [0.4, 0.5) is 0 Å². The second-order valence-electron chi connectivity index (χ2n) is 4.89. The van der Waals surface area contributed by atoms with Crippen molar-refractivity contribution in [1.82, 2.24) is 4.90 Å². The fraction of sp³-hybridized carbons (Fsp3) is 0.500. The minimum Gasteiger partial charge on any atom is -0.339 e. The van der Waals surface area contributed by atoms with E-state index < -0.39 is 0 Å². The van der Waals surface area contributed by atoms with Crippen LogP contribution in [0.1, 0.15) is 42.6 Å². The summed E-state index contributed by atoms with van der Waals surface area (Å²) in [6.07, 6.45) is 0. The molecule has 2 heteroatoms. The minimum absolute atomic E-state index is 0.152. The van der Waals surface area contributed by atoms with Crippen molar-refractivity contribution < 1.29 is 4.79 Å². The van der Waals surface area contributed by atoms with Crippen molar-refractivity contribution in [1.29, 1.82) is 0 Å². The Kier molecular flexibility index (Phi) is 2.75. The van der Waals surface area contributed by atoms with Gasteiger partial charge in [0.25, 0.3) is 5.91 Å². The predicted molar refractivity (Wildman–Crippen MR) is 65.6 cm³/mol. The number of carbonyl (C=O) groups is 1. The molecule has 2 rings (SSSR count). The summed E-state index contributed by atoms with van der Waals surface area (Å²) in [6, 6.07) is 8.27. The highest BCUT2D eigenvalue weighted by Gasteiger charge is 2.33. The van der Waals surface area contributed by atoms with Crippen LogP contribution in [0.3, 0.4) is 0 Å². The average molecular weight is 217 g/mol. The van der Waals surface area contributed by atoms with Gasteiger partial charge in [-0.25, -0.2) is 0 Å². The molecule has 1 aromatic rings. The average Bonchev–Trinajstić information content (AvgIpc) is 2.38. The molecular formula is C14H19NO. The third-order valence-corrected chi connectivity index (χ3v) is 4.16. The fourth-order valence-corrected chi connectivity index (χ4v) is 2.52.